The van der Waals surface area contributed by atoms with E-state index >= 15 is 0 Å². The van der Waals surface area contributed by atoms with Gasteiger partial charge in [0.2, 0.25) is 0 Å². The zero-order chi connectivity index (χ0) is 10.4. The van der Waals surface area contributed by atoms with E-state index in [0.717, 1.165) is 5.56 Å². The summed E-state index contributed by atoms with van der Waals surface area (Å²) in [7, 11) is 0. The second-order valence-electron chi connectivity index (χ2n) is 2.67. The van der Waals surface area contributed by atoms with Crippen molar-refractivity contribution in [1.29, 1.82) is 10.5 Å². The first-order chi connectivity index (χ1) is 6.77. The molecule has 0 heterocycles. The standard InChI is InChI=1S/C12H8N2/c1-10(8-13)12(9-14)7-11-5-3-2-4-6-11/h2-7H,1H2. The lowest BCUT2D eigenvalue weighted by atomic mass is 10.1. The summed E-state index contributed by atoms with van der Waals surface area (Å²) in [5.41, 5.74) is 1.38. The van der Waals surface area contributed by atoms with Crippen LogP contribution in [0.3, 0.4) is 0 Å². The van der Waals surface area contributed by atoms with E-state index in [1.165, 1.54) is 0 Å². The molecular formula is C12H8N2. The Morgan fingerprint density at radius 3 is 2.29 bits per heavy atom. The van der Waals surface area contributed by atoms with E-state index < -0.39 is 0 Å². The van der Waals surface area contributed by atoms with Gasteiger partial charge < -0.3 is 0 Å². The van der Waals surface area contributed by atoms with E-state index in [1.807, 2.05) is 42.5 Å². The average Bonchev–Trinajstić information content (AvgIpc) is 2.26. The maximum atomic E-state index is 8.76. The van der Waals surface area contributed by atoms with Crippen molar-refractivity contribution in [1.82, 2.24) is 0 Å². The van der Waals surface area contributed by atoms with Gasteiger partial charge in [-0.3, -0.25) is 0 Å². The highest BCUT2D eigenvalue weighted by molar-refractivity contribution is 5.65. The Morgan fingerprint density at radius 2 is 1.79 bits per heavy atom. The van der Waals surface area contributed by atoms with Gasteiger partial charge in [0.25, 0.3) is 0 Å². The number of allylic oxidation sites excluding steroid dienone is 2. The summed E-state index contributed by atoms with van der Waals surface area (Å²) in [6, 6.07) is 13.2. The number of nitriles is 2. The molecule has 0 aliphatic rings. The van der Waals surface area contributed by atoms with E-state index in [2.05, 4.69) is 6.58 Å². The van der Waals surface area contributed by atoms with E-state index in [-0.39, 0.29) is 5.57 Å². The third kappa shape index (κ3) is 2.33. The van der Waals surface area contributed by atoms with Gasteiger partial charge in [0, 0.05) is 0 Å². The summed E-state index contributed by atoms with van der Waals surface area (Å²) in [6.07, 6.45) is 1.64. The molecule has 66 valence electrons. The van der Waals surface area contributed by atoms with Crippen LogP contribution in [0.1, 0.15) is 5.56 Å². The minimum Gasteiger partial charge on any atom is -0.192 e. The zero-order valence-electron chi connectivity index (χ0n) is 7.57. The molecule has 0 bridgehead atoms. The minimum absolute atomic E-state index is 0.191. The molecule has 2 nitrogen and oxygen atoms in total. The molecule has 0 atom stereocenters. The number of hydrogen-bond acceptors (Lipinski definition) is 2. The summed E-state index contributed by atoms with van der Waals surface area (Å²) in [4.78, 5) is 0. The SMILES string of the molecule is C=C(C#N)C(C#N)=Cc1ccccc1. The Morgan fingerprint density at radius 1 is 1.14 bits per heavy atom. The molecule has 14 heavy (non-hydrogen) atoms. The van der Waals surface area contributed by atoms with Crippen LogP contribution in [0.2, 0.25) is 0 Å². The van der Waals surface area contributed by atoms with Gasteiger partial charge in [-0.15, -0.1) is 0 Å². The third-order valence-corrected chi connectivity index (χ3v) is 1.69. The summed E-state index contributed by atoms with van der Waals surface area (Å²) >= 11 is 0. The molecule has 0 saturated carbocycles. The molecule has 0 saturated heterocycles. The van der Waals surface area contributed by atoms with Gasteiger partial charge in [0.05, 0.1) is 17.2 Å². The normalized spacial score (nSPS) is 10.0. The van der Waals surface area contributed by atoms with Crippen LogP contribution in [0.15, 0.2) is 48.1 Å². The molecule has 0 aliphatic carbocycles. The molecule has 0 N–H and O–H groups in total. The zero-order valence-corrected chi connectivity index (χ0v) is 7.57. The van der Waals surface area contributed by atoms with Crippen molar-refractivity contribution in [3.05, 3.63) is 53.6 Å². The molecule has 1 aromatic rings. The summed E-state index contributed by atoms with van der Waals surface area (Å²) in [5.74, 6) is 0. The summed E-state index contributed by atoms with van der Waals surface area (Å²) < 4.78 is 0. The Hall–Kier alpha value is -2.32. The lowest BCUT2D eigenvalue weighted by Crippen LogP contribution is -1.81. The highest BCUT2D eigenvalue weighted by Gasteiger charge is 1.99. The van der Waals surface area contributed by atoms with Crippen molar-refractivity contribution in [2.24, 2.45) is 0 Å². The van der Waals surface area contributed by atoms with Gasteiger partial charge in [-0.2, -0.15) is 10.5 Å². The van der Waals surface area contributed by atoms with Crippen molar-refractivity contribution in [2.45, 2.75) is 0 Å². The highest BCUT2D eigenvalue weighted by atomic mass is 14.3. The molecule has 0 aliphatic heterocycles. The monoisotopic (exact) mass is 180 g/mol. The fourth-order valence-corrected chi connectivity index (χ4v) is 0.963. The lowest BCUT2D eigenvalue weighted by molar-refractivity contribution is 1.45. The van der Waals surface area contributed by atoms with Crippen LogP contribution in [0.25, 0.3) is 6.08 Å². The van der Waals surface area contributed by atoms with E-state index in [4.69, 9.17) is 10.5 Å². The van der Waals surface area contributed by atoms with Gasteiger partial charge in [0.1, 0.15) is 6.07 Å². The molecular weight excluding hydrogens is 172 g/mol. The van der Waals surface area contributed by atoms with E-state index in [0.29, 0.717) is 5.57 Å². The topological polar surface area (TPSA) is 47.6 Å². The maximum absolute atomic E-state index is 8.76. The predicted molar refractivity (Wildman–Crippen MR) is 54.8 cm³/mol. The molecule has 2 heteroatoms. The predicted octanol–water partition coefficient (Wildman–Crippen LogP) is 2.67. The number of hydrogen-bond donors (Lipinski definition) is 0. The van der Waals surface area contributed by atoms with Gasteiger partial charge in [0.15, 0.2) is 0 Å². The summed E-state index contributed by atoms with van der Waals surface area (Å²) in [5, 5.41) is 17.3. The smallest absolute Gasteiger partial charge is 0.101 e. The molecule has 0 fully saturated rings. The van der Waals surface area contributed by atoms with E-state index in [9.17, 15) is 0 Å². The molecule has 0 spiro atoms. The van der Waals surface area contributed by atoms with Gasteiger partial charge >= 0.3 is 0 Å². The Kier molecular flexibility index (Phi) is 3.24. The van der Waals surface area contributed by atoms with Crippen molar-refractivity contribution in [3.63, 3.8) is 0 Å². The van der Waals surface area contributed by atoms with Crippen LogP contribution >= 0.6 is 0 Å². The molecule has 1 aromatic carbocycles. The molecule has 0 radical (unpaired) electrons. The number of nitrogens with zero attached hydrogens (tertiary/aromatic N) is 2. The molecule has 0 aromatic heterocycles. The Labute approximate surface area is 83.0 Å². The van der Waals surface area contributed by atoms with Crippen molar-refractivity contribution in [3.8, 4) is 12.1 Å². The fraction of sp³-hybridized carbons (Fsp3) is 0. The van der Waals surface area contributed by atoms with Crippen LogP contribution in [0, 0.1) is 22.7 Å². The lowest BCUT2D eigenvalue weighted by Gasteiger charge is -1.94. The first kappa shape index (κ1) is 9.77. The fourth-order valence-electron chi connectivity index (χ4n) is 0.963. The van der Waals surface area contributed by atoms with Gasteiger partial charge in [-0.25, -0.2) is 0 Å². The van der Waals surface area contributed by atoms with Crippen molar-refractivity contribution in [2.75, 3.05) is 0 Å². The molecule has 1 rings (SSSR count). The average molecular weight is 180 g/mol. The number of rotatable bonds is 2. The van der Waals surface area contributed by atoms with E-state index in [1.54, 1.807) is 6.08 Å². The maximum Gasteiger partial charge on any atom is 0.101 e. The van der Waals surface area contributed by atoms with Crippen LogP contribution in [-0.2, 0) is 0 Å². The van der Waals surface area contributed by atoms with Crippen LogP contribution in [0.5, 0.6) is 0 Å². The van der Waals surface area contributed by atoms with Crippen molar-refractivity contribution < 1.29 is 0 Å². The van der Waals surface area contributed by atoms with Gasteiger partial charge in [-0.05, 0) is 11.6 Å². The largest absolute Gasteiger partial charge is 0.192 e. The molecule has 0 amide bonds. The van der Waals surface area contributed by atoms with Crippen LogP contribution < -0.4 is 0 Å². The second-order valence-corrected chi connectivity index (χ2v) is 2.67. The van der Waals surface area contributed by atoms with Crippen LogP contribution in [0.4, 0.5) is 0 Å². The first-order valence-corrected chi connectivity index (χ1v) is 4.04. The minimum atomic E-state index is 0.191. The summed E-state index contributed by atoms with van der Waals surface area (Å²) in [6.45, 7) is 3.49. The molecule has 0 unspecified atom stereocenters. The third-order valence-electron chi connectivity index (χ3n) is 1.69. The first-order valence-electron chi connectivity index (χ1n) is 4.04. The number of benzene rings is 1. The Balaban J connectivity index is 3.05. The van der Waals surface area contributed by atoms with Gasteiger partial charge in [-0.1, -0.05) is 36.9 Å². The quantitative estimate of drug-likeness (QED) is 0.519. The Bertz CT molecular complexity index is 441. The second kappa shape index (κ2) is 4.64. The highest BCUT2D eigenvalue weighted by Crippen LogP contribution is 2.11. The van der Waals surface area contributed by atoms with Crippen molar-refractivity contribution >= 4 is 6.08 Å². The van der Waals surface area contributed by atoms with Crippen LogP contribution in [-0.4, -0.2) is 0 Å².